The third-order valence-electron chi connectivity index (χ3n) is 3.29. The number of nitrogens with one attached hydrogen (secondary N) is 1. The fraction of sp³-hybridized carbons (Fsp3) is 0.235. The maximum atomic E-state index is 12.7. The first-order chi connectivity index (χ1) is 11.9. The van der Waals surface area contributed by atoms with Crippen LogP contribution in [0.5, 0.6) is 11.5 Å². The summed E-state index contributed by atoms with van der Waals surface area (Å²) in [6, 6.07) is 9.70. The third kappa shape index (κ3) is 5.24. The molecule has 0 aliphatic rings. The predicted molar refractivity (Wildman–Crippen MR) is 95.2 cm³/mol. The number of ether oxygens (including phenoxy) is 2. The van der Waals surface area contributed by atoms with Crippen LogP contribution in [0, 0.1) is 0 Å². The summed E-state index contributed by atoms with van der Waals surface area (Å²) >= 11 is 6.25. The van der Waals surface area contributed by atoms with Crippen LogP contribution >= 0.6 is 23.4 Å². The maximum absolute atomic E-state index is 12.7. The molecule has 0 aliphatic heterocycles. The normalized spacial score (nSPS) is 10.6. The van der Waals surface area contributed by atoms with Gasteiger partial charge in [0.2, 0.25) is 5.91 Å². The quantitative estimate of drug-likeness (QED) is 0.690. The summed E-state index contributed by atoms with van der Waals surface area (Å²) in [5.41, 5.74) is 0.890. The van der Waals surface area contributed by atoms with Gasteiger partial charge in [0.15, 0.2) is 0 Å². The minimum absolute atomic E-state index is 0.0124. The number of hydrogen-bond acceptors (Lipinski definition) is 4. The number of halogens is 3. The van der Waals surface area contributed by atoms with E-state index in [9.17, 15) is 13.6 Å². The summed E-state index contributed by atoms with van der Waals surface area (Å²) in [5.74, 6) is -1.91. The number of hydrogen-bond donors (Lipinski definition) is 1. The van der Waals surface area contributed by atoms with Gasteiger partial charge in [0.1, 0.15) is 11.5 Å². The van der Waals surface area contributed by atoms with Crippen molar-refractivity contribution in [2.24, 2.45) is 0 Å². The lowest BCUT2D eigenvalue weighted by Gasteiger charge is -2.13. The summed E-state index contributed by atoms with van der Waals surface area (Å²) in [7, 11) is 3.02. The van der Waals surface area contributed by atoms with E-state index in [2.05, 4.69) is 5.32 Å². The molecule has 0 aliphatic carbocycles. The third-order valence-corrected chi connectivity index (χ3v) is 4.57. The molecule has 0 spiro atoms. The minimum atomic E-state index is -2.64. The highest BCUT2D eigenvalue weighted by atomic mass is 35.5. The SMILES string of the molecule is COc1ccc(CC(=O)Nc2cccc(Cl)c2SC(F)F)c(OC)c1. The number of alkyl halides is 2. The van der Waals surface area contributed by atoms with Gasteiger partial charge in [-0.25, -0.2) is 0 Å². The molecule has 0 atom stereocenters. The summed E-state index contributed by atoms with van der Waals surface area (Å²) < 4.78 is 35.8. The van der Waals surface area contributed by atoms with Gasteiger partial charge in [0.05, 0.1) is 36.2 Å². The van der Waals surface area contributed by atoms with Gasteiger partial charge in [-0.05, 0) is 18.2 Å². The highest BCUT2D eigenvalue weighted by Gasteiger charge is 2.16. The van der Waals surface area contributed by atoms with E-state index in [4.69, 9.17) is 21.1 Å². The van der Waals surface area contributed by atoms with Crippen LogP contribution in [-0.2, 0) is 11.2 Å². The Hall–Kier alpha value is -1.99. The summed E-state index contributed by atoms with van der Waals surface area (Å²) in [5, 5.41) is 2.78. The van der Waals surface area contributed by atoms with E-state index in [1.54, 1.807) is 24.3 Å². The van der Waals surface area contributed by atoms with Gasteiger partial charge in [0, 0.05) is 11.6 Å². The summed E-state index contributed by atoms with van der Waals surface area (Å²) in [6.07, 6.45) is 0.0124. The number of carbonyl (C=O) groups excluding carboxylic acids is 1. The van der Waals surface area contributed by atoms with Crippen LogP contribution in [-0.4, -0.2) is 25.9 Å². The lowest BCUT2D eigenvalue weighted by Crippen LogP contribution is -2.15. The van der Waals surface area contributed by atoms with E-state index >= 15 is 0 Å². The monoisotopic (exact) mass is 387 g/mol. The number of methoxy groups -OCH3 is 2. The Morgan fingerprint density at radius 1 is 1.24 bits per heavy atom. The van der Waals surface area contributed by atoms with Gasteiger partial charge in [0.25, 0.3) is 5.76 Å². The Labute approximate surface area is 153 Å². The van der Waals surface area contributed by atoms with Gasteiger partial charge >= 0.3 is 0 Å². The predicted octanol–water partition coefficient (Wildman–Crippen LogP) is 4.85. The maximum Gasteiger partial charge on any atom is 0.289 e. The smallest absolute Gasteiger partial charge is 0.289 e. The van der Waals surface area contributed by atoms with E-state index in [1.165, 1.54) is 26.4 Å². The Bertz CT molecular complexity index is 759. The highest BCUT2D eigenvalue weighted by molar-refractivity contribution is 7.99. The fourth-order valence-corrected chi connectivity index (χ4v) is 3.09. The largest absolute Gasteiger partial charge is 0.497 e. The van der Waals surface area contributed by atoms with Gasteiger partial charge in [-0.2, -0.15) is 8.78 Å². The molecule has 134 valence electrons. The van der Waals surface area contributed by atoms with Crippen molar-refractivity contribution in [3.63, 3.8) is 0 Å². The molecule has 0 aromatic heterocycles. The van der Waals surface area contributed by atoms with Crippen LogP contribution in [0.25, 0.3) is 0 Å². The van der Waals surface area contributed by atoms with Crippen molar-refractivity contribution in [3.05, 3.63) is 47.0 Å². The molecule has 1 amide bonds. The lowest BCUT2D eigenvalue weighted by atomic mass is 10.1. The molecule has 0 radical (unpaired) electrons. The molecule has 8 heteroatoms. The van der Waals surface area contributed by atoms with Crippen LogP contribution < -0.4 is 14.8 Å². The number of benzene rings is 2. The second-order valence-corrected chi connectivity index (χ2v) is 6.31. The van der Waals surface area contributed by atoms with Crippen LogP contribution in [0.1, 0.15) is 5.56 Å². The Morgan fingerprint density at radius 2 is 2.00 bits per heavy atom. The summed E-state index contributed by atoms with van der Waals surface area (Å²) in [4.78, 5) is 12.4. The van der Waals surface area contributed by atoms with Gasteiger partial charge < -0.3 is 14.8 Å². The number of carbonyl (C=O) groups is 1. The molecule has 1 N–H and O–H groups in total. The average molecular weight is 388 g/mol. The average Bonchev–Trinajstić information content (AvgIpc) is 2.58. The number of anilines is 1. The molecule has 0 saturated heterocycles. The van der Waals surface area contributed by atoms with E-state index in [1.807, 2.05) is 0 Å². The molecule has 25 heavy (non-hydrogen) atoms. The van der Waals surface area contributed by atoms with Crippen LogP contribution in [0.2, 0.25) is 5.02 Å². The van der Waals surface area contributed by atoms with Crippen molar-refractivity contribution < 1.29 is 23.0 Å². The van der Waals surface area contributed by atoms with Crippen molar-refractivity contribution >= 4 is 35.0 Å². The van der Waals surface area contributed by atoms with Crippen LogP contribution in [0.4, 0.5) is 14.5 Å². The first-order valence-corrected chi connectivity index (χ1v) is 8.44. The highest BCUT2D eigenvalue weighted by Crippen LogP contribution is 2.37. The molecule has 0 heterocycles. The van der Waals surface area contributed by atoms with Crippen LogP contribution in [0.15, 0.2) is 41.3 Å². The molecule has 4 nitrogen and oxygen atoms in total. The molecular formula is C17H16ClF2NO3S. The minimum Gasteiger partial charge on any atom is -0.497 e. The zero-order valence-electron chi connectivity index (χ0n) is 13.5. The van der Waals surface area contributed by atoms with E-state index in [-0.39, 0.29) is 27.9 Å². The number of rotatable bonds is 7. The zero-order chi connectivity index (χ0) is 18.4. The fourth-order valence-electron chi connectivity index (χ4n) is 2.18. The molecule has 2 rings (SSSR count). The van der Waals surface area contributed by atoms with Gasteiger partial charge in [-0.15, -0.1) is 0 Å². The Balaban J connectivity index is 2.17. The number of thioether (sulfide) groups is 1. The summed E-state index contributed by atoms with van der Waals surface area (Å²) in [6.45, 7) is 0. The van der Waals surface area contributed by atoms with Gasteiger partial charge in [-0.1, -0.05) is 35.5 Å². The van der Waals surface area contributed by atoms with Crippen molar-refractivity contribution in [2.45, 2.75) is 17.1 Å². The zero-order valence-corrected chi connectivity index (χ0v) is 15.1. The molecule has 0 saturated carbocycles. The number of amides is 1. The van der Waals surface area contributed by atoms with Crippen molar-refractivity contribution in [2.75, 3.05) is 19.5 Å². The Kier molecular flexibility index (Phi) is 6.90. The molecule has 0 bridgehead atoms. The molecule has 2 aromatic carbocycles. The molecular weight excluding hydrogens is 372 g/mol. The molecule has 0 unspecified atom stereocenters. The van der Waals surface area contributed by atoms with Crippen molar-refractivity contribution in [3.8, 4) is 11.5 Å². The van der Waals surface area contributed by atoms with Crippen molar-refractivity contribution in [1.82, 2.24) is 0 Å². The van der Waals surface area contributed by atoms with Crippen molar-refractivity contribution in [1.29, 1.82) is 0 Å². The van der Waals surface area contributed by atoms with Gasteiger partial charge in [-0.3, -0.25) is 4.79 Å². The molecule has 2 aromatic rings. The lowest BCUT2D eigenvalue weighted by molar-refractivity contribution is -0.115. The second-order valence-electron chi connectivity index (χ2n) is 4.90. The van der Waals surface area contributed by atoms with E-state index in [0.29, 0.717) is 28.8 Å². The first kappa shape index (κ1) is 19.3. The van der Waals surface area contributed by atoms with E-state index in [0.717, 1.165) is 0 Å². The topological polar surface area (TPSA) is 47.6 Å². The standard InChI is InChI=1S/C17H16ClF2NO3S/c1-23-11-7-6-10(14(9-11)24-2)8-15(22)21-13-5-3-4-12(18)16(13)25-17(19)20/h3-7,9,17H,8H2,1-2H3,(H,21,22). The first-order valence-electron chi connectivity index (χ1n) is 7.18. The molecule has 0 fully saturated rings. The second kappa shape index (κ2) is 8.92. The van der Waals surface area contributed by atoms with Crippen LogP contribution in [0.3, 0.4) is 0 Å². The Morgan fingerprint density at radius 3 is 2.64 bits per heavy atom. The van der Waals surface area contributed by atoms with E-state index < -0.39 is 5.76 Å².